The largest absolute Gasteiger partial charge is 0.465 e. The van der Waals surface area contributed by atoms with E-state index in [1.54, 1.807) is 32.9 Å². The number of carbonyl (C=O) groups is 2. The van der Waals surface area contributed by atoms with E-state index in [-0.39, 0.29) is 38.0 Å². The molecule has 0 aromatic carbocycles. The number of carbonyl (C=O) groups excluding carboxylic acids is 2. The van der Waals surface area contributed by atoms with Crippen molar-refractivity contribution in [2.24, 2.45) is 17.8 Å². The van der Waals surface area contributed by atoms with Crippen LogP contribution in [0, 0.1) is 29.1 Å². The molecule has 2 aromatic rings. The van der Waals surface area contributed by atoms with Crippen LogP contribution in [0.3, 0.4) is 0 Å². The van der Waals surface area contributed by atoms with Crippen molar-refractivity contribution in [3.8, 4) is 6.07 Å². The molecule has 0 amide bonds. The van der Waals surface area contributed by atoms with Crippen molar-refractivity contribution in [3.05, 3.63) is 24.2 Å². The zero-order valence-electron chi connectivity index (χ0n) is 18.2. The van der Waals surface area contributed by atoms with Crippen molar-refractivity contribution < 1.29 is 28.9 Å². The summed E-state index contributed by atoms with van der Waals surface area (Å²) in [6.07, 6.45) is 0.654. The van der Waals surface area contributed by atoms with Crippen molar-refractivity contribution in [1.82, 2.24) is 14.6 Å². The molecule has 1 saturated heterocycles. The van der Waals surface area contributed by atoms with Crippen LogP contribution in [0.5, 0.6) is 0 Å². The predicted molar refractivity (Wildman–Crippen MR) is 111 cm³/mol. The Bertz CT molecular complexity index is 1030. The first-order valence-electron chi connectivity index (χ1n) is 10.3. The molecule has 0 radical (unpaired) electrons. The lowest BCUT2D eigenvalue weighted by atomic mass is 9.95. The Morgan fingerprint density at radius 3 is 2.81 bits per heavy atom. The lowest BCUT2D eigenvalue weighted by Gasteiger charge is -2.23. The summed E-state index contributed by atoms with van der Waals surface area (Å²) in [5, 5.41) is 23.6. The van der Waals surface area contributed by atoms with Crippen LogP contribution in [0.25, 0.3) is 5.52 Å². The molecule has 1 aliphatic rings. The number of rotatable bonds is 8. The van der Waals surface area contributed by atoms with Crippen LogP contribution >= 0.6 is 0 Å². The van der Waals surface area contributed by atoms with E-state index in [2.05, 4.69) is 16.2 Å². The minimum atomic E-state index is -1.39. The molecule has 4 atom stereocenters. The lowest BCUT2D eigenvalue weighted by Crippen LogP contribution is -2.35. The number of nitrogen functional groups attached to an aromatic ring is 1. The molecule has 3 rings (SSSR count). The zero-order valence-corrected chi connectivity index (χ0v) is 18.2. The normalized spacial score (nSPS) is 22.4. The second-order valence-electron chi connectivity index (χ2n) is 8.22. The predicted octanol–water partition coefficient (Wildman–Crippen LogP) is 0.806. The Hall–Kier alpha value is -3.23. The van der Waals surface area contributed by atoms with Gasteiger partial charge in [-0.2, -0.15) is 10.4 Å². The molecule has 1 fully saturated rings. The topological polar surface area (TPSA) is 162 Å². The summed E-state index contributed by atoms with van der Waals surface area (Å²) in [6, 6.07) is 5.53. The Balaban J connectivity index is 1.74. The fourth-order valence-electron chi connectivity index (χ4n) is 3.50. The van der Waals surface area contributed by atoms with Crippen LogP contribution in [-0.4, -0.2) is 57.6 Å². The number of nitrogens with zero attached hydrogens (tertiary/aromatic N) is 4. The maximum Gasteiger partial charge on any atom is 0.313 e. The van der Waals surface area contributed by atoms with E-state index in [1.807, 2.05) is 0 Å². The molecular weight excluding hydrogens is 418 g/mol. The van der Waals surface area contributed by atoms with Crippen LogP contribution in [0.15, 0.2) is 18.5 Å². The van der Waals surface area contributed by atoms with Gasteiger partial charge in [0.25, 0.3) is 0 Å². The molecule has 3 N–H and O–H groups in total. The molecule has 0 bridgehead atoms. The highest BCUT2D eigenvalue weighted by molar-refractivity contribution is 5.75. The molecular formula is C21H27N5O6. The van der Waals surface area contributed by atoms with Gasteiger partial charge in [-0.1, -0.05) is 20.8 Å². The maximum absolute atomic E-state index is 12.8. The highest BCUT2D eigenvalue weighted by Crippen LogP contribution is 2.38. The number of hydrogen-bond donors (Lipinski definition) is 2. The molecule has 11 nitrogen and oxygen atoms in total. The Kier molecular flexibility index (Phi) is 6.96. The molecule has 1 aliphatic heterocycles. The van der Waals surface area contributed by atoms with Gasteiger partial charge in [0.05, 0.1) is 24.1 Å². The van der Waals surface area contributed by atoms with Gasteiger partial charge in [0.2, 0.25) is 0 Å². The summed E-state index contributed by atoms with van der Waals surface area (Å²) in [6.45, 7) is 4.56. The maximum atomic E-state index is 12.8. The third-order valence-electron chi connectivity index (χ3n) is 5.54. The highest BCUT2D eigenvalue weighted by atomic mass is 16.6. The minimum absolute atomic E-state index is 0.000886. The van der Waals surface area contributed by atoms with Crippen LogP contribution < -0.4 is 5.73 Å². The number of esters is 2. The summed E-state index contributed by atoms with van der Waals surface area (Å²) >= 11 is 0. The summed E-state index contributed by atoms with van der Waals surface area (Å²) < 4.78 is 18.1. The average molecular weight is 445 g/mol. The Morgan fingerprint density at radius 2 is 2.16 bits per heavy atom. The van der Waals surface area contributed by atoms with Crippen molar-refractivity contribution in [1.29, 1.82) is 5.26 Å². The molecule has 3 heterocycles. The second kappa shape index (κ2) is 9.50. The highest BCUT2D eigenvalue weighted by Gasteiger charge is 2.47. The number of aliphatic hydroxyl groups excluding tert-OH is 1. The second-order valence-corrected chi connectivity index (χ2v) is 8.22. The van der Waals surface area contributed by atoms with Crippen LogP contribution in [-0.2, 0) is 29.4 Å². The molecule has 0 aliphatic carbocycles. The van der Waals surface area contributed by atoms with Gasteiger partial charge < -0.3 is 25.1 Å². The molecule has 2 aromatic heterocycles. The van der Waals surface area contributed by atoms with Gasteiger partial charge in [-0.05, 0) is 18.1 Å². The van der Waals surface area contributed by atoms with Crippen molar-refractivity contribution >= 4 is 23.3 Å². The smallest absolute Gasteiger partial charge is 0.313 e. The number of aromatic nitrogens is 3. The average Bonchev–Trinajstić information content (AvgIpc) is 3.39. The first-order chi connectivity index (χ1) is 15.2. The first kappa shape index (κ1) is 23.4. The van der Waals surface area contributed by atoms with Gasteiger partial charge in [0.1, 0.15) is 30.6 Å². The summed E-state index contributed by atoms with van der Waals surface area (Å²) in [7, 11) is 0. The zero-order chi connectivity index (χ0) is 23.5. The van der Waals surface area contributed by atoms with Gasteiger partial charge in [0.15, 0.2) is 11.4 Å². The number of hydrogen-bond acceptors (Lipinski definition) is 10. The number of nitrogens with two attached hydrogens (primary N) is 1. The van der Waals surface area contributed by atoms with Gasteiger partial charge in [-0.15, -0.1) is 0 Å². The molecule has 32 heavy (non-hydrogen) atoms. The fraction of sp³-hybridized carbons (Fsp3) is 0.571. The number of aliphatic hydroxyl groups is 1. The molecule has 1 unspecified atom stereocenters. The third kappa shape index (κ3) is 4.51. The number of fused-ring (bicyclic) bond motifs is 1. The number of ether oxygens (including phenoxy) is 3. The number of anilines is 1. The number of nitriles is 1. The molecule has 0 spiro atoms. The van der Waals surface area contributed by atoms with Crippen molar-refractivity contribution in [3.63, 3.8) is 0 Å². The molecule has 11 heteroatoms. The van der Waals surface area contributed by atoms with E-state index in [1.165, 1.54) is 10.8 Å². The van der Waals surface area contributed by atoms with Gasteiger partial charge in [-0.3, -0.25) is 9.59 Å². The van der Waals surface area contributed by atoms with E-state index in [0.717, 1.165) is 0 Å². The van der Waals surface area contributed by atoms with E-state index in [4.69, 9.17) is 19.9 Å². The summed E-state index contributed by atoms with van der Waals surface area (Å²) in [4.78, 5) is 28.5. The summed E-state index contributed by atoms with van der Waals surface area (Å²) in [5.74, 6) is -2.48. The van der Waals surface area contributed by atoms with E-state index >= 15 is 0 Å². The quantitative estimate of drug-likeness (QED) is 0.556. The molecule has 172 valence electrons. The SMILES string of the molecule is CC(C)C(=O)OC[C@H](C(=O)OC1CO[C@@](C#N)(c2ccc3c(N)ncnn23)C1)[C@H](C)CO. The van der Waals surface area contributed by atoms with Gasteiger partial charge in [-0.25, -0.2) is 9.50 Å². The standard InChI is InChI=1S/C21H27N5O6/c1-12(2)19(28)30-9-15(13(3)7-27)20(29)32-14-6-21(10-22,31-8-14)17-5-4-16-18(23)24-11-25-26(16)17/h4-5,11-15,27H,6-9H2,1-3H3,(H2,23,24,25)/t13-,14?,15+,21+/m1/s1. The minimum Gasteiger partial charge on any atom is -0.465 e. The van der Waals surface area contributed by atoms with Crippen LogP contribution in [0.2, 0.25) is 0 Å². The first-order valence-corrected chi connectivity index (χ1v) is 10.3. The monoisotopic (exact) mass is 445 g/mol. The van der Waals surface area contributed by atoms with Crippen molar-refractivity contribution in [2.75, 3.05) is 25.6 Å². The van der Waals surface area contributed by atoms with Gasteiger partial charge >= 0.3 is 11.9 Å². The molecule has 0 saturated carbocycles. The fourth-order valence-corrected chi connectivity index (χ4v) is 3.50. The van der Waals surface area contributed by atoms with E-state index < -0.39 is 35.5 Å². The van der Waals surface area contributed by atoms with Crippen LogP contribution in [0.1, 0.15) is 32.9 Å². The lowest BCUT2D eigenvalue weighted by molar-refractivity contribution is -0.163. The van der Waals surface area contributed by atoms with E-state index in [9.17, 15) is 20.0 Å². The van der Waals surface area contributed by atoms with Crippen molar-refractivity contribution in [2.45, 2.75) is 38.9 Å². The Morgan fingerprint density at radius 1 is 1.41 bits per heavy atom. The summed E-state index contributed by atoms with van der Waals surface area (Å²) in [5.41, 5.74) is 5.46. The van der Waals surface area contributed by atoms with E-state index in [0.29, 0.717) is 11.2 Å². The Labute approximate surface area is 185 Å². The van der Waals surface area contributed by atoms with Crippen LogP contribution in [0.4, 0.5) is 5.82 Å². The van der Waals surface area contributed by atoms with Gasteiger partial charge in [0, 0.05) is 13.0 Å². The third-order valence-corrected chi connectivity index (χ3v) is 5.54.